The van der Waals surface area contributed by atoms with Gasteiger partial charge >= 0.3 is 5.97 Å². The van der Waals surface area contributed by atoms with Crippen LogP contribution >= 0.6 is 0 Å². The maximum absolute atomic E-state index is 13.7. The molecule has 0 unspecified atom stereocenters. The van der Waals surface area contributed by atoms with Crippen molar-refractivity contribution in [3.8, 4) is 0 Å². The first-order valence-electron chi connectivity index (χ1n) is 8.49. The molecular weight excluding hydrogens is 421 g/mol. The van der Waals surface area contributed by atoms with Crippen molar-refractivity contribution < 1.29 is 32.1 Å². The summed E-state index contributed by atoms with van der Waals surface area (Å²) in [7, 11) is -3.99. The molecule has 10 nitrogen and oxygen atoms in total. The van der Waals surface area contributed by atoms with Crippen LogP contribution in [0.3, 0.4) is 0 Å². The number of ether oxygens (including phenoxy) is 1. The van der Waals surface area contributed by atoms with Crippen LogP contribution in [0.5, 0.6) is 0 Å². The van der Waals surface area contributed by atoms with Crippen molar-refractivity contribution in [3.63, 3.8) is 0 Å². The molecule has 0 aliphatic carbocycles. The lowest BCUT2D eigenvalue weighted by Gasteiger charge is -2.14. The van der Waals surface area contributed by atoms with Gasteiger partial charge in [-0.3, -0.25) is 19.7 Å². The van der Waals surface area contributed by atoms with Crippen molar-refractivity contribution in [1.82, 2.24) is 4.72 Å². The number of carbonyl (C=O) groups is 2. The zero-order valence-corrected chi connectivity index (χ0v) is 16.7. The van der Waals surface area contributed by atoms with Gasteiger partial charge in [0.15, 0.2) is 6.61 Å². The number of rotatable bonds is 8. The van der Waals surface area contributed by atoms with E-state index in [2.05, 4.69) is 4.72 Å². The lowest BCUT2D eigenvalue weighted by molar-refractivity contribution is -0.384. The monoisotopic (exact) mass is 439 g/mol. The fraction of sp³-hybridized carbons (Fsp3) is 0.222. The van der Waals surface area contributed by atoms with Crippen LogP contribution in [0.4, 0.5) is 15.8 Å². The van der Waals surface area contributed by atoms with E-state index >= 15 is 0 Å². The molecule has 2 rings (SSSR count). The Morgan fingerprint density at radius 3 is 2.43 bits per heavy atom. The number of halogens is 1. The van der Waals surface area contributed by atoms with Gasteiger partial charge in [0, 0.05) is 12.1 Å². The first-order chi connectivity index (χ1) is 14.0. The molecule has 0 bridgehead atoms. The Bertz CT molecular complexity index is 1070. The lowest BCUT2D eigenvalue weighted by atomic mass is 10.2. The molecule has 0 aliphatic heterocycles. The van der Waals surface area contributed by atoms with Crippen molar-refractivity contribution in [3.05, 3.63) is 64.0 Å². The summed E-state index contributed by atoms with van der Waals surface area (Å²) in [5.74, 6) is -2.92. The van der Waals surface area contributed by atoms with Crippen LogP contribution in [0, 0.1) is 22.9 Å². The Hall–Kier alpha value is -3.38. The van der Waals surface area contributed by atoms with Crippen LogP contribution in [0.25, 0.3) is 0 Å². The number of esters is 1. The van der Waals surface area contributed by atoms with Crippen molar-refractivity contribution in [2.24, 2.45) is 0 Å². The van der Waals surface area contributed by atoms with E-state index in [-0.39, 0.29) is 4.90 Å². The van der Waals surface area contributed by atoms with E-state index in [1.165, 1.54) is 19.1 Å². The highest BCUT2D eigenvalue weighted by Crippen LogP contribution is 2.21. The smallest absolute Gasteiger partial charge is 0.324 e. The standard InChI is InChI=1S/C18H18FN3O7S/c1-11-3-6-14(7-4-11)30(27,28)21-12(2)18(24)29-10-17(23)20-16-9-13(22(25)26)5-8-15(16)19/h3-9,12,21H,10H2,1-2H3,(H,20,23)/t12-/m0/s1. The summed E-state index contributed by atoms with van der Waals surface area (Å²) in [5.41, 5.74) is -0.0474. The summed E-state index contributed by atoms with van der Waals surface area (Å²) in [6.07, 6.45) is 0. The minimum absolute atomic E-state index is 0.0494. The first-order valence-corrected chi connectivity index (χ1v) is 9.97. The first kappa shape index (κ1) is 22.9. The highest BCUT2D eigenvalue weighted by Gasteiger charge is 2.24. The zero-order chi connectivity index (χ0) is 22.5. The Labute approximate surface area is 171 Å². The second-order valence-electron chi connectivity index (χ2n) is 6.23. The van der Waals surface area contributed by atoms with Crippen molar-refractivity contribution in [2.75, 3.05) is 11.9 Å². The molecule has 1 amide bonds. The van der Waals surface area contributed by atoms with Crippen LogP contribution in [-0.2, 0) is 24.3 Å². The molecule has 2 aromatic carbocycles. The molecule has 0 saturated carbocycles. The molecule has 2 aromatic rings. The van der Waals surface area contributed by atoms with E-state index in [1.807, 2.05) is 5.32 Å². The maximum Gasteiger partial charge on any atom is 0.324 e. The minimum atomic E-state index is -3.99. The lowest BCUT2D eigenvalue weighted by Crippen LogP contribution is -2.40. The number of aryl methyl sites for hydroxylation is 1. The highest BCUT2D eigenvalue weighted by molar-refractivity contribution is 7.89. The van der Waals surface area contributed by atoms with E-state index in [9.17, 15) is 32.5 Å². The summed E-state index contributed by atoms with van der Waals surface area (Å²) >= 11 is 0. The second kappa shape index (κ2) is 9.41. The summed E-state index contributed by atoms with van der Waals surface area (Å²) in [4.78, 5) is 33.7. The van der Waals surface area contributed by atoms with Crippen LogP contribution < -0.4 is 10.0 Å². The van der Waals surface area contributed by atoms with Crippen molar-refractivity contribution in [2.45, 2.75) is 24.8 Å². The fourth-order valence-corrected chi connectivity index (χ4v) is 3.43. The van der Waals surface area contributed by atoms with E-state index in [0.717, 1.165) is 23.8 Å². The number of amides is 1. The molecule has 2 N–H and O–H groups in total. The molecule has 0 radical (unpaired) electrons. The number of nitro groups is 1. The topological polar surface area (TPSA) is 145 Å². The van der Waals surface area contributed by atoms with Gasteiger partial charge < -0.3 is 10.1 Å². The van der Waals surface area contributed by atoms with Crippen LogP contribution in [0.15, 0.2) is 47.4 Å². The molecule has 0 heterocycles. The van der Waals surface area contributed by atoms with Crippen LogP contribution in [0.1, 0.15) is 12.5 Å². The SMILES string of the molecule is Cc1ccc(S(=O)(=O)N[C@@H](C)C(=O)OCC(=O)Nc2cc([N+](=O)[O-])ccc2F)cc1. The number of nitro benzene ring substituents is 1. The Morgan fingerprint density at radius 2 is 1.83 bits per heavy atom. The summed E-state index contributed by atoms with van der Waals surface area (Å²) in [6.45, 7) is 2.16. The van der Waals surface area contributed by atoms with Gasteiger partial charge in [-0.05, 0) is 32.0 Å². The fourth-order valence-electron chi connectivity index (χ4n) is 2.24. The average Bonchev–Trinajstić information content (AvgIpc) is 2.67. The number of nitrogens with one attached hydrogen (secondary N) is 2. The van der Waals surface area contributed by atoms with Gasteiger partial charge in [0.2, 0.25) is 10.0 Å². The molecule has 12 heteroatoms. The Balaban J connectivity index is 1.93. The molecule has 0 aliphatic rings. The summed E-state index contributed by atoms with van der Waals surface area (Å²) < 4.78 is 45.1. The summed E-state index contributed by atoms with van der Waals surface area (Å²) in [6, 6.07) is 7.16. The number of sulfonamides is 1. The number of anilines is 1. The highest BCUT2D eigenvalue weighted by atomic mass is 32.2. The third kappa shape index (κ3) is 6.06. The van der Waals surface area contributed by atoms with Crippen molar-refractivity contribution >= 4 is 33.3 Å². The van der Waals surface area contributed by atoms with Crippen molar-refractivity contribution in [1.29, 1.82) is 0 Å². The number of benzene rings is 2. The van der Waals surface area contributed by atoms with Gasteiger partial charge in [-0.25, -0.2) is 12.8 Å². The largest absolute Gasteiger partial charge is 0.454 e. The van der Waals surface area contributed by atoms with Gasteiger partial charge in [-0.1, -0.05) is 17.7 Å². The second-order valence-corrected chi connectivity index (χ2v) is 7.95. The molecule has 0 fully saturated rings. The quantitative estimate of drug-likeness (QED) is 0.363. The Morgan fingerprint density at radius 1 is 1.20 bits per heavy atom. The molecule has 0 aromatic heterocycles. The molecule has 160 valence electrons. The normalized spacial score (nSPS) is 12.1. The van der Waals surface area contributed by atoms with E-state index in [1.54, 1.807) is 19.1 Å². The molecular formula is C18H18FN3O7S. The van der Waals surface area contributed by atoms with Crippen LogP contribution in [-0.4, -0.2) is 37.9 Å². The molecule has 0 spiro atoms. The average molecular weight is 439 g/mol. The van der Waals surface area contributed by atoms with Gasteiger partial charge in [-0.15, -0.1) is 0 Å². The molecule has 30 heavy (non-hydrogen) atoms. The molecule has 1 atom stereocenters. The van der Waals surface area contributed by atoms with E-state index in [0.29, 0.717) is 0 Å². The number of hydrogen-bond donors (Lipinski definition) is 2. The van der Waals surface area contributed by atoms with Gasteiger partial charge in [-0.2, -0.15) is 4.72 Å². The predicted octanol–water partition coefficient (Wildman–Crippen LogP) is 1.89. The number of non-ortho nitro benzene ring substituents is 1. The Kier molecular flexibility index (Phi) is 7.19. The third-order valence-electron chi connectivity index (χ3n) is 3.80. The van der Waals surface area contributed by atoms with Crippen LogP contribution in [0.2, 0.25) is 0 Å². The molecule has 0 saturated heterocycles. The minimum Gasteiger partial charge on any atom is -0.454 e. The summed E-state index contributed by atoms with van der Waals surface area (Å²) in [5, 5.41) is 12.8. The van der Waals surface area contributed by atoms with Gasteiger partial charge in [0.05, 0.1) is 15.5 Å². The zero-order valence-electron chi connectivity index (χ0n) is 15.9. The van der Waals surface area contributed by atoms with E-state index < -0.39 is 56.7 Å². The van der Waals surface area contributed by atoms with E-state index in [4.69, 9.17) is 4.74 Å². The van der Waals surface area contributed by atoms with Gasteiger partial charge in [0.25, 0.3) is 11.6 Å². The number of carbonyl (C=O) groups excluding carboxylic acids is 2. The number of hydrogen-bond acceptors (Lipinski definition) is 7. The number of nitrogens with zero attached hydrogens (tertiary/aromatic N) is 1. The third-order valence-corrected chi connectivity index (χ3v) is 5.35. The predicted molar refractivity (Wildman–Crippen MR) is 104 cm³/mol. The maximum atomic E-state index is 13.7. The van der Waals surface area contributed by atoms with Gasteiger partial charge in [0.1, 0.15) is 11.9 Å².